The van der Waals surface area contributed by atoms with Crippen molar-refractivity contribution in [3.05, 3.63) is 108 Å². The molecule has 2 N–H and O–H groups in total. The van der Waals surface area contributed by atoms with Gasteiger partial charge in [-0.3, -0.25) is 19.6 Å². The first-order chi connectivity index (χ1) is 23.5. The molecule has 0 bridgehead atoms. The van der Waals surface area contributed by atoms with E-state index in [4.69, 9.17) is 0 Å². The normalized spacial score (nSPS) is 15.1. The van der Waals surface area contributed by atoms with Crippen molar-refractivity contribution in [1.82, 2.24) is 10.6 Å². The number of carbonyl (C=O) groups excluding carboxylic acids is 3. The summed E-state index contributed by atoms with van der Waals surface area (Å²) in [7, 11) is 0. The molecule has 11 nitrogen and oxygen atoms in total. The quantitative estimate of drug-likeness (QED) is 0.203. The van der Waals surface area contributed by atoms with Gasteiger partial charge in [-0.05, 0) is 105 Å². The molecular weight excluding hydrogens is 1020 g/mol. The Morgan fingerprint density at radius 3 is 1.19 bits per heavy atom. The zero-order chi connectivity index (χ0) is 37.8. The monoisotopic (exact) mass is 1070 g/mol. The molecule has 2 aromatic rings. The fourth-order valence-corrected chi connectivity index (χ4v) is 3.71. The second-order valence-corrected chi connectivity index (χ2v) is 12.3. The summed E-state index contributed by atoms with van der Waals surface area (Å²) in [4.78, 5) is 40.8. The first kappa shape index (κ1) is 50.0. The number of hydrogen-bond acceptors (Lipinski definition) is 11. The fraction of sp³-hybridized carbons (Fsp3) is 0.359. The Labute approximate surface area is 337 Å². The maximum Gasteiger partial charge on any atom is 2.00 e. The molecule has 0 fully saturated rings. The van der Waals surface area contributed by atoms with E-state index in [1.165, 1.54) is 26.0 Å². The van der Waals surface area contributed by atoms with E-state index in [0.29, 0.717) is 22.8 Å². The molecule has 0 amide bonds. The van der Waals surface area contributed by atoms with Crippen molar-refractivity contribution in [2.24, 2.45) is 20.2 Å². The summed E-state index contributed by atoms with van der Waals surface area (Å²) >= 11 is 0. The second kappa shape index (κ2) is 26.7. The summed E-state index contributed by atoms with van der Waals surface area (Å²) in [5.41, 5.74) is 3.02. The molecule has 2 aliphatic rings. The Morgan fingerprint density at radius 2 is 0.942 bits per heavy atom. The summed E-state index contributed by atoms with van der Waals surface area (Å²) in [5, 5.41) is 37.0. The van der Waals surface area contributed by atoms with Crippen LogP contribution in [0, 0.1) is 12.1 Å². The van der Waals surface area contributed by atoms with Gasteiger partial charge in [-0.15, -0.1) is 12.1 Å². The van der Waals surface area contributed by atoms with E-state index < -0.39 is 0 Å². The molecule has 0 saturated heterocycles. The molecule has 0 saturated carbocycles. The van der Waals surface area contributed by atoms with Crippen LogP contribution < -0.4 is 20.8 Å². The minimum absolute atomic E-state index is 0. The van der Waals surface area contributed by atoms with Gasteiger partial charge in [0, 0.05) is 24.2 Å². The van der Waals surface area contributed by atoms with Crippen molar-refractivity contribution in [3.8, 4) is 0 Å². The second-order valence-electron chi connectivity index (χ2n) is 12.3. The van der Waals surface area contributed by atoms with Gasteiger partial charge in [0.1, 0.15) is 5.78 Å². The Morgan fingerprint density at radius 1 is 0.615 bits per heavy atom. The number of aliphatic imine (C=N–C) groups is 2. The third-order valence-corrected chi connectivity index (χ3v) is 5.46. The van der Waals surface area contributed by atoms with E-state index in [2.05, 4.69) is 43.0 Å². The Hall–Kier alpha value is -4.07. The first-order valence-electron chi connectivity index (χ1n) is 16.3. The average Bonchev–Trinajstić information content (AvgIpc) is 3.01. The molecular formula is C39H48N6O5Pt2. The predicted octanol–water partition coefficient (Wildman–Crippen LogP) is 5.38. The van der Waals surface area contributed by atoms with Gasteiger partial charge in [-0.2, -0.15) is 58.8 Å². The van der Waals surface area contributed by atoms with Gasteiger partial charge in [-0.1, -0.05) is 11.5 Å². The topological polar surface area (TPSA) is 171 Å². The summed E-state index contributed by atoms with van der Waals surface area (Å²) < 4.78 is 0. The molecule has 13 heteroatoms. The molecule has 4 rings (SSSR count). The maximum atomic E-state index is 11.5. The number of carbonyl (C=O) groups is 3. The molecule has 2 aromatic carbocycles. The number of ketones is 3. The summed E-state index contributed by atoms with van der Waals surface area (Å²) in [6, 6.07) is 21.2. The van der Waals surface area contributed by atoms with E-state index in [1.54, 1.807) is 0 Å². The first-order valence-corrected chi connectivity index (χ1v) is 16.3. The van der Waals surface area contributed by atoms with Gasteiger partial charge < -0.3 is 25.6 Å². The number of azo groups is 1. The number of nitrogens with one attached hydrogen (secondary N) is 2. The molecule has 0 unspecified atom stereocenters. The Balaban J connectivity index is 0. The van der Waals surface area contributed by atoms with Crippen molar-refractivity contribution in [2.45, 2.75) is 93.4 Å². The third-order valence-electron chi connectivity index (χ3n) is 5.46. The Bertz CT molecular complexity index is 1520. The van der Waals surface area contributed by atoms with Gasteiger partial charge >= 0.3 is 42.1 Å². The summed E-state index contributed by atoms with van der Waals surface area (Å²) in [6.45, 7) is 18.3. The van der Waals surface area contributed by atoms with Crippen molar-refractivity contribution < 1.29 is 66.7 Å². The van der Waals surface area contributed by atoms with Gasteiger partial charge in [0.05, 0.1) is 22.8 Å². The van der Waals surface area contributed by atoms with E-state index in [1.807, 2.05) is 104 Å². The standard InChI is InChI=1S/2C12H18N2O2.C12H8N2.C3H6O.2Pt/c2*1-7(2)13-9-5-10(14-8(3)4)12(16)6-11(9)15;1-3-7-11(8-4-1)13-14-12-9-5-2-6-10-12;1-3(2)4;;/h2*5-8,13,16H,1-4H3;1-7,9H;1-2H3;;/q;;-2;;2*+2/p-2. The van der Waals surface area contributed by atoms with E-state index in [0.717, 1.165) is 23.5 Å². The van der Waals surface area contributed by atoms with Crippen LogP contribution in [-0.4, -0.2) is 52.9 Å². The van der Waals surface area contributed by atoms with Crippen LogP contribution in [0.1, 0.15) is 69.2 Å². The predicted molar refractivity (Wildman–Crippen MR) is 195 cm³/mol. The molecule has 52 heavy (non-hydrogen) atoms. The number of allylic oxidation sites excluding steroid dienone is 4. The molecule has 0 heterocycles. The van der Waals surface area contributed by atoms with Crippen LogP contribution in [0.5, 0.6) is 0 Å². The van der Waals surface area contributed by atoms with Crippen molar-refractivity contribution >= 4 is 40.1 Å². The molecule has 0 radical (unpaired) electrons. The number of nitrogens with zero attached hydrogens (tertiary/aromatic N) is 4. The van der Waals surface area contributed by atoms with Gasteiger partial charge in [0.15, 0.2) is 0 Å². The van der Waals surface area contributed by atoms with Crippen LogP contribution in [0.3, 0.4) is 0 Å². The maximum absolute atomic E-state index is 11.5. The van der Waals surface area contributed by atoms with Gasteiger partial charge in [0.25, 0.3) is 0 Å². The number of rotatable bonds is 8. The largest absolute Gasteiger partial charge is 2.00 e. The summed E-state index contributed by atoms with van der Waals surface area (Å²) in [6.07, 6.45) is 5.24. The number of hydrogen-bond donors (Lipinski definition) is 2. The number of benzene rings is 2. The van der Waals surface area contributed by atoms with Crippen LogP contribution in [-0.2, 0) is 56.5 Å². The minimum atomic E-state index is -0.312. The average molecular weight is 1070 g/mol. The van der Waals surface area contributed by atoms with Crippen LogP contribution >= 0.6 is 0 Å². The van der Waals surface area contributed by atoms with Crippen LogP contribution in [0.2, 0.25) is 0 Å². The van der Waals surface area contributed by atoms with Crippen LogP contribution in [0.4, 0.5) is 11.4 Å². The molecule has 0 aliphatic heterocycles. The van der Waals surface area contributed by atoms with E-state index in [-0.39, 0.29) is 95.2 Å². The molecule has 0 spiro atoms. The smallest absolute Gasteiger partial charge is 0.871 e. The zero-order valence-electron chi connectivity index (χ0n) is 31.2. The van der Waals surface area contributed by atoms with Crippen LogP contribution in [0.25, 0.3) is 0 Å². The zero-order valence-corrected chi connectivity index (χ0v) is 35.7. The summed E-state index contributed by atoms with van der Waals surface area (Å²) in [5.74, 6) is -1.01. The SMILES string of the molecule is CC(C)=O.CC(C)N=C1C=C(NC(C)C)C(=O)C=C1[O-].CC(C)N=C1C=C(NC(C)C)C(=O)C=C1[O-].[Pt+2].[Pt+2].[c-]1ccccc1N=Nc1[c-]cccc1. The molecule has 0 atom stereocenters. The minimum Gasteiger partial charge on any atom is -0.871 e. The Kier molecular flexibility index (Phi) is 25.7. The van der Waals surface area contributed by atoms with Crippen LogP contribution in [0.15, 0.2) is 116 Å². The molecule has 0 aromatic heterocycles. The third kappa shape index (κ3) is 22.0. The van der Waals surface area contributed by atoms with Gasteiger partial charge in [-0.25, -0.2) is 0 Å². The molecule has 2 aliphatic carbocycles. The van der Waals surface area contributed by atoms with Crippen molar-refractivity contribution in [3.63, 3.8) is 0 Å². The van der Waals surface area contributed by atoms with Gasteiger partial charge in [0.2, 0.25) is 11.6 Å². The van der Waals surface area contributed by atoms with E-state index in [9.17, 15) is 24.6 Å². The molecule has 284 valence electrons. The van der Waals surface area contributed by atoms with Crippen molar-refractivity contribution in [2.75, 3.05) is 0 Å². The van der Waals surface area contributed by atoms with E-state index >= 15 is 0 Å². The van der Waals surface area contributed by atoms with Crippen molar-refractivity contribution in [1.29, 1.82) is 0 Å². The fourth-order valence-electron chi connectivity index (χ4n) is 3.71. The number of Topliss-reactive ketones (excluding diaryl/α,β-unsaturated/α-hetero) is 1.